The fourth-order valence-corrected chi connectivity index (χ4v) is 4.20. The van der Waals surface area contributed by atoms with Crippen LogP contribution in [-0.2, 0) is 11.3 Å². The molecule has 2 fully saturated rings. The lowest BCUT2D eigenvalue weighted by Crippen LogP contribution is -2.55. The number of carbonyl (C=O) groups is 2. The first kappa shape index (κ1) is 20.9. The number of thiazole rings is 1. The van der Waals surface area contributed by atoms with E-state index >= 15 is 0 Å². The van der Waals surface area contributed by atoms with Gasteiger partial charge in [0.25, 0.3) is 5.91 Å². The Morgan fingerprint density at radius 2 is 2.15 bits per heavy atom. The molecule has 0 bridgehead atoms. The first-order valence-electron chi connectivity index (χ1n) is 8.42. The summed E-state index contributed by atoms with van der Waals surface area (Å²) in [5.41, 5.74) is 0.223. The molecule has 26 heavy (non-hydrogen) atoms. The number of hydrogen-bond donors (Lipinski definition) is 3. The van der Waals surface area contributed by atoms with Gasteiger partial charge in [0.05, 0.1) is 6.54 Å². The highest BCUT2D eigenvalue weighted by Gasteiger charge is 2.48. The average molecular weight is 492 g/mol. The zero-order chi connectivity index (χ0) is 18.0. The third-order valence-electron chi connectivity index (χ3n) is 4.96. The van der Waals surface area contributed by atoms with E-state index in [1.165, 1.54) is 0 Å². The molecule has 1 unspecified atom stereocenters. The molecule has 0 spiro atoms. The monoisotopic (exact) mass is 492 g/mol. The maximum absolute atomic E-state index is 12.1. The van der Waals surface area contributed by atoms with Crippen LogP contribution in [0.15, 0.2) is 10.4 Å². The molecule has 3 heterocycles. The molecule has 0 saturated carbocycles. The van der Waals surface area contributed by atoms with Crippen LogP contribution in [0.3, 0.4) is 0 Å². The lowest BCUT2D eigenvalue weighted by Gasteiger charge is -2.39. The van der Waals surface area contributed by atoms with Gasteiger partial charge < -0.3 is 15.5 Å². The van der Waals surface area contributed by atoms with Gasteiger partial charge in [-0.1, -0.05) is 0 Å². The molecule has 2 aliphatic heterocycles. The van der Waals surface area contributed by atoms with Crippen molar-refractivity contribution < 1.29 is 9.59 Å². The maximum atomic E-state index is 12.1. The molecule has 1 aromatic rings. The first-order chi connectivity index (χ1) is 11.9. The predicted molar refractivity (Wildman–Crippen MR) is 112 cm³/mol. The van der Waals surface area contributed by atoms with Crippen molar-refractivity contribution in [2.75, 3.05) is 20.1 Å². The summed E-state index contributed by atoms with van der Waals surface area (Å²) in [6, 6.07) is -0.397. The molecule has 3 amide bonds. The van der Waals surface area contributed by atoms with Crippen molar-refractivity contribution in [1.29, 1.82) is 0 Å². The molecule has 10 heteroatoms. The van der Waals surface area contributed by atoms with Gasteiger partial charge in [-0.05, 0) is 32.6 Å². The van der Waals surface area contributed by atoms with E-state index in [2.05, 4.69) is 30.8 Å². The van der Waals surface area contributed by atoms with E-state index in [9.17, 15) is 9.59 Å². The van der Waals surface area contributed by atoms with Crippen LogP contribution in [0.2, 0.25) is 0 Å². The second kappa shape index (κ2) is 8.51. The van der Waals surface area contributed by atoms with Crippen molar-refractivity contribution in [3.63, 3.8) is 0 Å². The topological polar surface area (TPSA) is 98.7 Å². The van der Waals surface area contributed by atoms with Gasteiger partial charge in [0.1, 0.15) is 10.5 Å². The third kappa shape index (κ3) is 4.27. The number of imide groups is 1. The number of amides is 3. The van der Waals surface area contributed by atoms with E-state index in [0.717, 1.165) is 42.6 Å². The number of carbonyl (C=O) groups excluding carboxylic acids is 2. The highest BCUT2D eigenvalue weighted by Crippen LogP contribution is 2.30. The Kier molecular flexibility index (Phi) is 6.83. The summed E-state index contributed by atoms with van der Waals surface area (Å²) in [6.45, 7) is 6.03. The number of likely N-dealkylation sites (tertiary alicyclic amines) is 1. The van der Waals surface area contributed by atoms with Crippen LogP contribution in [0.4, 0.5) is 4.79 Å². The average Bonchev–Trinajstić information content (AvgIpc) is 3.12. The van der Waals surface area contributed by atoms with Crippen molar-refractivity contribution in [3.05, 3.63) is 16.1 Å². The highest BCUT2D eigenvalue weighted by atomic mass is 127. The minimum absolute atomic E-state index is 0. The van der Waals surface area contributed by atoms with Gasteiger partial charge in [-0.2, -0.15) is 0 Å². The van der Waals surface area contributed by atoms with Crippen molar-refractivity contribution in [1.82, 2.24) is 25.8 Å². The van der Waals surface area contributed by atoms with Crippen LogP contribution in [0.25, 0.3) is 0 Å². The van der Waals surface area contributed by atoms with E-state index in [1.807, 2.05) is 19.2 Å². The van der Waals surface area contributed by atoms with Crippen LogP contribution in [0.5, 0.6) is 0 Å². The number of nitrogens with zero attached hydrogens (tertiary/aromatic N) is 3. The Morgan fingerprint density at radius 1 is 1.46 bits per heavy atom. The summed E-state index contributed by atoms with van der Waals surface area (Å²) < 4.78 is 0. The predicted octanol–water partition coefficient (Wildman–Crippen LogP) is 1.46. The number of piperidine rings is 1. The van der Waals surface area contributed by atoms with Gasteiger partial charge in [0.2, 0.25) is 0 Å². The van der Waals surface area contributed by atoms with E-state index < -0.39 is 11.6 Å². The van der Waals surface area contributed by atoms with Crippen molar-refractivity contribution >= 4 is 53.2 Å². The minimum Gasteiger partial charge on any atom is -0.350 e. The number of rotatable bonds is 3. The first-order valence-corrected chi connectivity index (χ1v) is 9.30. The molecule has 144 valence electrons. The van der Waals surface area contributed by atoms with Gasteiger partial charge in [-0.25, -0.2) is 9.78 Å². The highest BCUT2D eigenvalue weighted by molar-refractivity contribution is 14.0. The van der Waals surface area contributed by atoms with Gasteiger partial charge in [-0.3, -0.25) is 15.1 Å². The lowest BCUT2D eigenvalue weighted by molar-refractivity contribution is -0.125. The zero-order valence-corrected chi connectivity index (χ0v) is 18.3. The van der Waals surface area contributed by atoms with Gasteiger partial charge in [-0.15, -0.1) is 35.3 Å². The fourth-order valence-electron chi connectivity index (χ4n) is 3.48. The Bertz CT molecular complexity index is 701. The van der Waals surface area contributed by atoms with Crippen LogP contribution in [0.1, 0.15) is 30.5 Å². The molecule has 0 aliphatic carbocycles. The van der Waals surface area contributed by atoms with E-state index in [0.29, 0.717) is 6.54 Å². The fraction of sp³-hybridized carbons (Fsp3) is 0.625. The number of aromatic nitrogens is 1. The van der Waals surface area contributed by atoms with Gasteiger partial charge >= 0.3 is 6.03 Å². The SMILES string of the molecule is CN=C(NCc1nc(C)cs1)N1CCC(C2(C)NC(=O)NC2=O)CC1.I. The van der Waals surface area contributed by atoms with Crippen LogP contribution in [-0.4, -0.2) is 53.5 Å². The minimum atomic E-state index is -0.807. The molecule has 0 radical (unpaired) electrons. The standard InChI is InChI=1S/C16H24N6O2S.HI/c1-10-9-25-12(19-10)8-18-14(17-3)22-6-4-11(5-7-22)16(2)13(23)20-15(24)21-16;/h9,11H,4-8H2,1-3H3,(H,17,18)(H2,20,21,23,24);1H. The Hall–Kier alpha value is -1.43. The Balaban J connectivity index is 0.00000243. The Morgan fingerprint density at radius 3 is 2.65 bits per heavy atom. The summed E-state index contributed by atoms with van der Waals surface area (Å²) >= 11 is 1.63. The van der Waals surface area contributed by atoms with Crippen molar-refractivity contribution in [2.45, 2.75) is 38.8 Å². The normalized spacial score (nSPS) is 24.1. The number of aryl methyl sites for hydroxylation is 1. The number of guanidine groups is 1. The summed E-state index contributed by atoms with van der Waals surface area (Å²) in [5, 5.41) is 11.6. The number of urea groups is 1. The third-order valence-corrected chi connectivity index (χ3v) is 5.93. The molecule has 8 nitrogen and oxygen atoms in total. The van der Waals surface area contributed by atoms with E-state index in [1.54, 1.807) is 18.4 Å². The number of nitrogens with one attached hydrogen (secondary N) is 3. The molecule has 1 aromatic heterocycles. The van der Waals surface area contributed by atoms with Crippen LogP contribution >= 0.6 is 35.3 Å². The Labute approximate surface area is 174 Å². The molecule has 2 aliphatic rings. The largest absolute Gasteiger partial charge is 0.350 e. The van der Waals surface area contributed by atoms with Crippen LogP contribution in [0, 0.1) is 12.8 Å². The number of aliphatic imine (C=N–C) groups is 1. The molecule has 2 saturated heterocycles. The molecule has 3 N–H and O–H groups in total. The quantitative estimate of drug-likeness (QED) is 0.257. The molecule has 1 atom stereocenters. The molecule has 0 aromatic carbocycles. The van der Waals surface area contributed by atoms with Crippen molar-refractivity contribution in [3.8, 4) is 0 Å². The summed E-state index contributed by atoms with van der Waals surface area (Å²) in [4.78, 5) is 34.6. The maximum Gasteiger partial charge on any atom is 0.322 e. The van der Waals surface area contributed by atoms with Gasteiger partial charge in [0, 0.05) is 31.2 Å². The summed E-state index contributed by atoms with van der Waals surface area (Å²) in [5.74, 6) is 0.740. The van der Waals surface area contributed by atoms with E-state index in [4.69, 9.17) is 0 Å². The van der Waals surface area contributed by atoms with Crippen molar-refractivity contribution in [2.24, 2.45) is 10.9 Å². The number of halogens is 1. The second-order valence-corrected chi connectivity index (χ2v) is 7.60. The summed E-state index contributed by atoms with van der Waals surface area (Å²) in [6.07, 6.45) is 1.64. The molecule has 3 rings (SSSR count). The smallest absolute Gasteiger partial charge is 0.322 e. The molecular formula is C16H25IN6O2S. The van der Waals surface area contributed by atoms with Gasteiger partial charge in [0.15, 0.2) is 5.96 Å². The summed E-state index contributed by atoms with van der Waals surface area (Å²) in [7, 11) is 1.77. The molecular weight excluding hydrogens is 467 g/mol. The van der Waals surface area contributed by atoms with Crippen LogP contribution < -0.4 is 16.0 Å². The zero-order valence-electron chi connectivity index (χ0n) is 15.2. The number of hydrogen-bond acceptors (Lipinski definition) is 5. The lowest BCUT2D eigenvalue weighted by atomic mass is 9.79. The van der Waals surface area contributed by atoms with E-state index in [-0.39, 0.29) is 35.8 Å². The second-order valence-electron chi connectivity index (χ2n) is 6.66.